The molecule has 6 heteroatoms. The molecule has 1 rings (SSSR count). The van der Waals surface area contributed by atoms with Crippen molar-refractivity contribution in [3.05, 3.63) is 28.0 Å². The fraction of sp³-hybridized carbons (Fsp3) is 0.571. The molecule has 114 valence electrons. The van der Waals surface area contributed by atoms with Gasteiger partial charge in [-0.2, -0.15) is 0 Å². The molecule has 0 aliphatic heterocycles. The first kappa shape index (κ1) is 17.4. The molecule has 0 saturated carbocycles. The molecule has 0 saturated heterocycles. The molecule has 0 aliphatic rings. The first-order valence-electron chi connectivity index (χ1n) is 6.42. The molecular weight excluding hydrogens is 329 g/mol. The van der Waals surface area contributed by atoms with Crippen molar-refractivity contribution in [3.63, 3.8) is 0 Å². The summed E-state index contributed by atoms with van der Waals surface area (Å²) >= 11 is 3.14. The second kappa shape index (κ2) is 8.56. The molecule has 20 heavy (non-hydrogen) atoms. The van der Waals surface area contributed by atoms with Crippen molar-refractivity contribution in [2.24, 2.45) is 0 Å². The zero-order chi connectivity index (χ0) is 15.1. The smallest absolute Gasteiger partial charge is 0.137 e. The first-order chi connectivity index (χ1) is 9.43. The largest absolute Gasteiger partial charge is 0.389 e. The van der Waals surface area contributed by atoms with Crippen LogP contribution in [0.4, 0.5) is 10.1 Å². The molecule has 2 N–H and O–H groups in total. The predicted molar refractivity (Wildman–Crippen MR) is 80.6 cm³/mol. The summed E-state index contributed by atoms with van der Waals surface area (Å²) in [6.45, 7) is 4.73. The Morgan fingerprint density at radius 2 is 2.10 bits per heavy atom. The number of ether oxygens (including phenoxy) is 2. The minimum Gasteiger partial charge on any atom is -0.389 e. The Labute approximate surface area is 127 Å². The predicted octanol–water partition coefficient (Wildman–Crippen LogP) is 2.72. The molecule has 2 unspecified atom stereocenters. The maximum absolute atomic E-state index is 13.3. The molecule has 0 aromatic heterocycles. The number of nitrogens with one attached hydrogen (secondary N) is 1. The van der Waals surface area contributed by atoms with E-state index in [4.69, 9.17) is 9.47 Å². The molecule has 1 aromatic carbocycles. The summed E-state index contributed by atoms with van der Waals surface area (Å²) in [4.78, 5) is 0. The third kappa shape index (κ3) is 5.75. The van der Waals surface area contributed by atoms with E-state index in [1.807, 2.05) is 6.92 Å². The van der Waals surface area contributed by atoms with Crippen LogP contribution in [0.1, 0.15) is 12.5 Å². The van der Waals surface area contributed by atoms with Crippen LogP contribution in [0.5, 0.6) is 0 Å². The Morgan fingerprint density at radius 1 is 1.40 bits per heavy atom. The van der Waals surface area contributed by atoms with Gasteiger partial charge in [-0.3, -0.25) is 0 Å². The van der Waals surface area contributed by atoms with Crippen LogP contribution in [0.25, 0.3) is 0 Å². The van der Waals surface area contributed by atoms with Gasteiger partial charge in [-0.25, -0.2) is 4.39 Å². The van der Waals surface area contributed by atoms with Crippen LogP contribution in [-0.4, -0.2) is 44.2 Å². The number of halogens is 2. The van der Waals surface area contributed by atoms with Gasteiger partial charge in [0.1, 0.15) is 5.82 Å². The van der Waals surface area contributed by atoms with Crippen LogP contribution in [-0.2, 0) is 9.47 Å². The van der Waals surface area contributed by atoms with Crippen LogP contribution in [0.2, 0.25) is 0 Å². The van der Waals surface area contributed by atoms with Crippen molar-refractivity contribution in [1.82, 2.24) is 0 Å². The van der Waals surface area contributed by atoms with Gasteiger partial charge in [-0.15, -0.1) is 0 Å². The Kier molecular flexibility index (Phi) is 7.43. The lowest BCUT2D eigenvalue weighted by Crippen LogP contribution is -2.28. The summed E-state index contributed by atoms with van der Waals surface area (Å²) in [5.41, 5.74) is 1.56. The van der Waals surface area contributed by atoms with E-state index in [9.17, 15) is 9.50 Å². The van der Waals surface area contributed by atoms with Gasteiger partial charge in [0.2, 0.25) is 0 Å². The number of rotatable bonds is 8. The van der Waals surface area contributed by atoms with E-state index in [0.717, 1.165) is 11.3 Å². The summed E-state index contributed by atoms with van der Waals surface area (Å²) in [5.74, 6) is -0.301. The Bertz CT molecular complexity index is 431. The van der Waals surface area contributed by atoms with Gasteiger partial charge in [-0.1, -0.05) is 0 Å². The normalized spacial score (nSPS) is 14.1. The minimum atomic E-state index is -0.641. The standard InChI is InChI=1S/C14H21BrFNO3/c1-9-4-13(16)12(15)5-14(9)17-6-11(18)8-20-10(2)7-19-3/h4-5,10-11,17-18H,6-8H2,1-3H3. The van der Waals surface area contributed by atoms with Gasteiger partial charge in [0, 0.05) is 19.3 Å². The molecule has 0 aliphatic carbocycles. The van der Waals surface area contributed by atoms with Crippen molar-refractivity contribution >= 4 is 21.6 Å². The SMILES string of the molecule is COCC(C)OCC(O)CNc1cc(Br)c(F)cc1C. The van der Waals surface area contributed by atoms with Gasteiger partial charge >= 0.3 is 0 Å². The number of aliphatic hydroxyl groups is 1. The summed E-state index contributed by atoms with van der Waals surface area (Å²) in [6.07, 6.45) is -0.700. The van der Waals surface area contributed by atoms with E-state index in [1.54, 1.807) is 20.1 Å². The lowest BCUT2D eigenvalue weighted by molar-refractivity contribution is -0.0282. The zero-order valence-corrected chi connectivity index (χ0v) is 13.5. The number of hydrogen-bond donors (Lipinski definition) is 2. The maximum atomic E-state index is 13.3. The number of benzene rings is 1. The molecule has 0 heterocycles. The zero-order valence-electron chi connectivity index (χ0n) is 12.0. The lowest BCUT2D eigenvalue weighted by atomic mass is 10.2. The quantitative estimate of drug-likeness (QED) is 0.757. The molecule has 0 amide bonds. The van der Waals surface area contributed by atoms with Crippen molar-refractivity contribution in [1.29, 1.82) is 0 Å². The number of hydrogen-bond acceptors (Lipinski definition) is 4. The Balaban J connectivity index is 2.41. The summed E-state index contributed by atoms with van der Waals surface area (Å²) in [7, 11) is 1.60. The van der Waals surface area contributed by atoms with Crippen molar-refractivity contribution in [2.45, 2.75) is 26.1 Å². The molecule has 0 spiro atoms. The second-order valence-electron chi connectivity index (χ2n) is 4.72. The van der Waals surface area contributed by atoms with Crippen LogP contribution in [0.15, 0.2) is 16.6 Å². The van der Waals surface area contributed by atoms with E-state index in [1.165, 1.54) is 6.07 Å². The highest BCUT2D eigenvalue weighted by atomic mass is 79.9. The fourth-order valence-corrected chi connectivity index (χ4v) is 2.02. The average molecular weight is 350 g/mol. The second-order valence-corrected chi connectivity index (χ2v) is 5.57. The Hall–Kier alpha value is -0.690. The van der Waals surface area contributed by atoms with Crippen LogP contribution in [0, 0.1) is 12.7 Å². The van der Waals surface area contributed by atoms with Gasteiger partial charge in [-0.05, 0) is 47.5 Å². The van der Waals surface area contributed by atoms with E-state index in [0.29, 0.717) is 17.6 Å². The Morgan fingerprint density at radius 3 is 2.75 bits per heavy atom. The molecule has 0 radical (unpaired) electrons. The lowest BCUT2D eigenvalue weighted by Gasteiger charge is -2.17. The molecule has 2 atom stereocenters. The number of aryl methyl sites for hydroxylation is 1. The highest BCUT2D eigenvalue weighted by molar-refractivity contribution is 9.10. The molecule has 0 bridgehead atoms. The van der Waals surface area contributed by atoms with Crippen molar-refractivity contribution < 1.29 is 19.0 Å². The molecule has 1 aromatic rings. The van der Waals surface area contributed by atoms with E-state index in [-0.39, 0.29) is 18.5 Å². The highest BCUT2D eigenvalue weighted by Crippen LogP contribution is 2.24. The number of anilines is 1. The summed E-state index contributed by atoms with van der Waals surface area (Å²) in [6, 6.07) is 3.10. The number of aliphatic hydroxyl groups excluding tert-OH is 1. The van der Waals surface area contributed by atoms with Gasteiger partial charge in [0.25, 0.3) is 0 Å². The monoisotopic (exact) mass is 349 g/mol. The van der Waals surface area contributed by atoms with Crippen molar-refractivity contribution in [2.75, 3.05) is 32.2 Å². The molecule has 0 fully saturated rings. The average Bonchev–Trinajstić information content (AvgIpc) is 2.39. The maximum Gasteiger partial charge on any atom is 0.137 e. The third-order valence-corrected chi connectivity index (χ3v) is 3.38. The third-order valence-electron chi connectivity index (χ3n) is 2.77. The van der Waals surface area contributed by atoms with Crippen molar-refractivity contribution in [3.8, 4) is 0 Å². The van der Waals surface area contributed by atoms with E-state index >= 15 is 0 Å². The van der Waals surface area contributed by atoms with E-state index in [2.05, 4.69) is 21.2 Å². The molecule has 4 nitrogen and oxygen atoms in total. The first-order valence-corrected chi connectivity index (χ1v) is 7.21. The van der Waals surface area contributed by atoms with Gasteiger partial charge in [0.15, 0.2) is 0 Å². The van der Waals surface area contributed by atoms with E-state index < -0.39 is 6.10 Å². The summed E-state index contributed by atoms with van der Waals surface area (Å²) in [5, 5.41) is 12.9. The topological polar surface area (TPSA) is 50.7 Å². The van der Waals surface area contributed by atoms with Crippen LogP contribution in [0.3, 0.4) is 0 Å². The summed E-state index contributed by atoms with van der Waals surface area (Å²) < 4.78 is 24.0. The van der Waals surface area contributed by atoms with Gasteiger partial charge < -0.3 is 19.9 Å². The molecular formula is C14H21BrFNO3. The minimum absolute atomic E-state index is 0.0589. The highest BCUT2D eigenvalue weighted by Gasteiger charge is 2.10. The van der Waals surface area contributed by atoms with Gasteiger partial charge in [0.05, 0.1) is 29.9 Å². The van der Waals surface area contributed by atoms with Crippen LogP contribution < -0.4 is 5.32 Å². The fourth-order valence-electron chi connectivity index (χ4n) is 1.68. The van der Waals surface area contributed by atoms with Crippen LogP contribution >= 0.6 is 15.9 Å². The number of methoxy groups -OCH3 is 1.